The molecule has 0 spiro atoms. The summed E-state index contributed by atoms with van der Waals surface area (Å²) in [6.07, 6.45) is -0.838. The van der Waals surface area contributed by atoms with Gasteiger partial charge in [0.1, 0.15) is 6.10 Å². The van der Waals surface area contributed by atoms with Crippen molar-refractivity contribution >= 4 is 5.91 Å². The van der Waals surface area contributed by atoms with Crippen LogP contribution in [0.3, 0.4) is 0 Å². The van der Waals surface area contributed by atoms with Gasteiger partial charge in [-0.2, -0.15) is 0 Å². The van der Waals surface area contributed by atoms with Crippen molar-refractivity contribution in [1.29, 1.82) is 0 Å². The maximum atomic E-state index is 12.8. The van der Waals surface area contributed by atoms with Crippen LogP contribution in [0.15, 0.2) is 84.9 Å². The number of aliphatic hydroxyl groups excluding tert-OH is 1. The first kappa shape index (κ1) is 16.9. The number of rotatable bonds is 5. The predicted molar refractivity (Wildman–Crippen MR) is 99.3 cm³/mol. The van der Waals surface area contributed by atoms with E-state index in [-0.39, 0.29) is 11.9 Å². The van der Waals surface area contributed by atoms with Crippen molar-refractivity contribution in [2.24, 2.45) is 0 Å². The molecule has 0 aliphatic heterocycles. The Morgan fingerprint density at radius 1 is 0.800 bits per heavy atom. The molecule has 2 N–H and O–H groups in total. The Morgan fingerprint density at radius 2 is 1.32 bits per heavy atom. The topological polar surface area (TPSA) is 49.3 Å². The molecule has 0 aromatic heterocycles. The van der Waals surface area contributed by atoms with Crippen molar-refractivity contribution in [3.8, 4) is 0 Å². The van der Waals surface area contributed by atoms with E-state index in [0.717, 1.165) is 11.1 Å². The van der Waals surface area contributed by atoms with E-state index in [9.17, 15) is 9.90 Å². The molecule has 0 aliphatic rings. The van der Waals surface area contributed by atoms with E-state index in [4.69, 9.17) is 0 Å². The predicted octanol–water partition coefficient (Wildman–Crippen LogP) is 4.26. The number of nitrogens with one attached hydrogen (secondary N) is 1. The van der Waals surface area contributed by atoms with E-state index in [0.29, 0.717) is 11.1 Å². The van der Waals surface area contributed by atoms with Crippen molar-refractivity contribution in [2.45, 2.75) is 19.1 Å². The Morgan fingerprint density at radius 3 is 1.96 bits per heavy atom. The summed E-state index contributed by atoms with van der Waals surface area (Å²) in [6.45, 7) is 1.95. The van der Waals surface area contributed by atoms with Crippen LogP contribution in [-0.2, 0) is 0 Å². The van der Waals surface area contributed by atoms with Crippen molar-refractivity contribution < 1.29 is 9.90 Å². The summed E-state index contributed by atoms with van der Waals surface area (Å²) in [7, 11) is 0. The molecule has 2 atom stereocenters. The highest BCUT2D eigenvalue weighted by Crippen LogP contribution is 2.25. The van der Waals surface area contributed by atoms with Crippen LogP contribution in [0.2, 0.25) is 0 Å². The van der Waals surface area contributed by atoms with Crippen molar-refractivity contribution in [1.82, 2.24) is 5.32 Å². The molecule has 3 nitrogen and oxygen atoms in total. The third-order valence-electron chi connectivity index (χ3n) is 4.26. The van der Waals surface area contributed by atoms with Gasteiger partial charge in [0, 0.05) is 5.56 Å². The Kier molecular flexibility index (Phi) is 5.26. The summed E-state index contributed by atoms with van der Waals surface area (Å²) in [5.74, 6) is -0.193. The molecule has 3 aromatic carbocycles. The Bertz CT molecular complexity index is 831. The third kappa shape index (κ3) is 3.95. The fraction of sp³-hybridized carbons (Fsp3) is 0.136. The number of hydrogen-bond donors (Lipinski definition) is 2. The summed E-state index contributed by atoms with van der Waals surface area (Å²) in [4.78, 5) is 12.8. The number of benzene rings is 3. The molecule has 25 heavy (non-hydrogen) atoms. The zero-order valence-corrected chi connectivity index (χ0v) is 14.1. The summed E-state index contributed by atoms with van der Waals surface area (Å²) in [5, 5.41) is 13.7. The Hall–Kier alpha value is -2.91. The highest BCUT2D eigenvalue weighted by molar-refractivity contribution is 5.96. The highest BCUT2D eigenvalue weighted by Gasteiger charge is 2.19. The molecule has 0 heterocycles. The standard InChI is InChI=1S/C22H21NO2/c1-16(17-10-4-2-5-11-17)23-22(25)20-15-9-8-14-19(20)21(24)18-12-6-3-7-13-18/h2-16,21,24H,1H3,(H,23,25)/t16-,21+/m0/s1. The van der Waals surface area contributed by atoms with Crippen LogP contribution in [0.4, 0.5) is 0 Å². The van der Waals surface area contributed by atoms with E-state index in [1.54, 1.807) is 12.1 Å². The minimum atomic E-state index is -0.838. The zero-order chi connectivity index (χ0) is 17.6. The third-order valence-corrected chi connectivity index (χ3v) is 4.26. The molecule has 0 bridgehead atoms. The summed E-state index contributed by atoms with van der Waals surface area (Å²) in [6, 6.07) is 26.2. The van der Waals surface area contributed by atoms with E-state index >= 15 is 0 Å². The fourth-order valence-corrected chi connectivity index (χ4v) is 2.86. The fourth-order valence-electron chi connectivity index (χ4n) is 2.86. The van der Waals surface area contributed by atoms with Gasteiger partial charge in [-0.25, -0.2) is 0 Å². The van der Waals surface area contributed by atoms with Crippen LogP contribution >= 0.6 is 0 Å². The maximum absolute atomic E-state index is 12.8. The second kappa shape index (κ2) is 7.77. The zero-order valence-electron chi connectivity index (χ0n) is 14.1. The lowest BCUT2D eigenvalue weighted by Gasteiger charge is -2.18. The van der Waals surface area contributed by atoms with Gasteiger partial charge in [0.2, 0.25) is 0 Å². The summed E-state index contributed by atoms with van der Waals surface area (Å²) < 4.78 is 0. The largest absolute Gasteiger partial charge is 0.384 e. The number of aliphatic hydroxyl groups is 1. The minimum Gasteiger partial charge on any atom is -0.384 e. The average Bonchev–Trinajstić information content (AvgIpc) is 2.68. The lowest BCUT2D eigenvalue weighted by molar-refractivity contribution is 0.0934. The van der Waals surface area contributed by atoms with Gasteiger partial charge in [-0.1, -0.05) is 78.9 Å². The van der Waals surface area contributed by atoms with Crippen molar-refractivity contribution in [2.75, 3.05) is 0 Å². The van der Waals surface area contributed by atoms with Gasteiger partial charge >= 0.3 is 0 Å². The molecule has 126 valence electrons. The van der Waals surface area contributed by atoms with Crippen LogP contribution in [-0.4, -0.2) is 11.0 Å². The van der Waals surface area contributed by atoms with Gasteiger partial charge in [0.05, 0.1) is 6.04 Å². The minimum absolute atomic E-state index is 0.115. The molecule has 0 fully saturated rings. The second-order valence-electron chi connectivity index (χ2n) is 6.01. The molecular formula is C22H21NO2. The smallest absolute Gasteiger partial charge is 0.252 e. The summed E-state index contributed by atoms with van der Waals surface area (Å²) >= 11 is 0. The molecule has 0 aliphatic carbocycles. The Labute approximate surface area is 148 Å². The van der Waals surface area contributed by atoms with E-state index < -0.39 is 6.10 Å². The molecule has 0 saturated heterocycles. The first-order valence-corrected chi connectivity index (χ1v) is 8.34. The average molecular weight is 331 g/mol. The van der Waals surface area contributed by atoms with Crippen molar-refractivity contribution in [3.63, 3.8) is 0 Å². The first-order chi connectivity index (χ1) is 12.2. The molecule has 3 rings (SSSR count). The normalized spacial score (nSPS) is 13.0. The Balaban J connectivity index is 1.84. The van der Waals surface area contributed by atoms with E-state index in [2.05, 4.69) is 5.32 Å². The van der Waals surface area contributed by atoms with Gasteiger partial charge in [-0.3, -0.25) is 4.79 Å². The quantitative estimate of drug-likeness (QED) is 0.734. The van der Waals surface area contributed by atoms with Crippen LogP contribution in [0.1, 0.15) is 46.1 Å². The van der Waals surface area contributed by atoms with Gasteiger partial charge in [0.15, 0.2) is 0 Å². The number of hydrogen-bond acceptors (Lipinski definition) is 2. The van der Waals surface area contributed by atoms with Crippen LogP contribution < -0.4 is 5.32 Å². The molecule has 0 radical (unpaired) electrons. The maximum Gasteiger partial charge on any atom is 0.252 e. The van der Waals surface area contributed by atoms with Gasteiger partial charge in [-0.15, -0.1) is 0 Å². The molecule has 0 unspecified atom stereocenters. The number of carbonyl (C=O) groups is 1. The summed E-state index contributed by atoms with van der Waals surface area (Å²) in [5.41, 5.74) is 2.89. The van der Waals surface area contributed by atoms with Gasteiger partial charge < -0.3 is 10.4 Å². The lowest BCUT2D eigenvalue weighted by Crippen LogP contribution is -2.28. The van der Waals surface area contributed by atoms with Crippen LogP contribution in [0.5, 0.6) is 0 Å². The van der Waals surface area contributed by atoms with Crippen molar-refractivity contribution in [3.05, 3.63) is 107 Å². The lowest BCUT2D eigenvalue weighted by atomic mass is 9.96. The molecule has 3 heteroatoms. The number of amides is 1. The van der Waals surface area contributed by atoms with Crippen LogP contribution in [0.25, 0.3) is 0 Å². The highest BCUT2D eigenvalue weighted by atomic mass is 16.3. The SMILES string of the molecule is C[C@H](NC(=O)c1ccccc1[C@H](O)c1ccccc1)c1ccccc1. The van der Waals surface area contributed by atoms with Gasteiger partial charge in [0.25, 0.3) is 5.91 Å². The molecular weight excluding hydrogens is 310 g/mol. The molecule has 0 saturated carbocycles. The van der Waals surface area contributed by atoms with E-state index in [1.165, 1.54) is 0 Å². The molecule has 3 aromatic rings. The monoisotopic (exact) mass is 331 g/mol. The van der Waals surface area contributed by atoms with Crippen LogP contribution in [0, 0.1) is 0 Å². The number of carbonyl (C=O) groups excluding carboxylic acids is 1. The van der Waals surface area contributed by atoms with Gasteiger partial charge in [-0.05, 0) is 29.7 Å². The first-order valence-electron chi connectivity index (χ1n) is 8.34. The van der Waals surface area contributed by atoms with E-state index in [1.807, 2.05) is 79.7 Å². The molecule has 1 amide bonds. The second-order valence-corrected chi connectivity index (χ2v) is 6.01.